The highest BCUT2D eigenvalue weighted by Crippen LogP contribution is 2.25. The summed E-state index contributed by atoms with van der Waals surface area (Å²) in [6.45, 7) is 3.36. The monoisotopic (exact) mass is 298 g/mol. The van der Waals surface area contributed by atoms with Crippen LogP contribution >= 0.6 is 0 Å². The standard InChI is InChI=1S/C16H14N2O4/c1-11-13(5-3-7-15(11)17(19)20)9-10-14-6-4-8-16(12(14)2)18(21)22/h3-10H,1-2H3. The largest absolute Gasteiger partial charge is 0.272 e. The molecule has 0 unspecified atom stereocenters. The van der Waals surface area contributed by atoms with E-state index in [0.717, 1.165) is 0 Å². The Morgan fingerprint density at radius 2 is 1.14 bits per heavy atom. The van der Waals surface area contributed by atoms with Gasteiger partial charge < -0.3 is 0 Å². The third-order valence-electron chi connectivity index (χ3n) is 3.53. The maximum absolute atomic E-state index is 10.9. The van der Waals surface area contributed by atoms with E-state index >= 15 is 0 Å². The van der Waals surface area contributed by atoms with Crippen molar-refractivity contribution < 1.29 is 9.85 Å². The molecule has 22 heavy (non-hydrogen) atoms. The molecule has 6 heteroatoms. The van der Waals surface area contributed by atoms with Gasteiger partial charge in [0.2, 0.25) is 0 Å². The minimum Gasteiger partial charge on any atom is -0.258 e. The van der Waals surface area contributed by atoms with E-state index in [0.29, 0.717) is 22.3 Å². The van der Waals surface area contributed by atoms with Crippen LogP contribution in [0.1, 0.15) is 22.3 Å². The maximum atomic E-state index is 10.9. The number of benzene rings is 2. The highest BCUT2D eigenvalue weighted by Gasteiger charge is 2.13. The highest BCUT2D eigenvalue weighted by atomic mass is 16.6. The number of nitro groups is 2. The smallest absolute Gasteiger partial charge is 0.258 e. The van der Waals surface area contributed by atoms with E-state index in [1.807, 2.05) is 0 Å². The molecule has 0 aromatic heterocycles. The van der Waals surface area contributed by atoms with Gasteiger partial charge in [0.25, 0.3) is 11.4 Å². The summed E-state index contributed by atoms with van der Waals surface area (Å²) in [5, 5.41) is 21.9. The second-order valence-corrected chi connectivity index (χ2v) is 4.83. The van der Waals surface area contributed by atoms with E-state index in [2.05, 4.69) is 0 Å². The van der Waals surface area contributed by atoms with Gasteiger partial charge in [0.15, 0.2) is 0 Å². The molecule has 0 aliphatic heterocycles. The summed E-state index contributed by atoms with van der Waals surface area (Å²) < 4.78 is 0. The molecule has 112 valence electrons. The van der Waals surface area contributed by atoms with Crippen molar-refractivity contribution >= 4 is 23.5 Å². The zero-order valence-electron chi connectivity index (χ0n) is 12.1. The van der Waals surface area contributed by atoms with Gasteiger partial charge in [0, 0.05) is 23.3 Å². The normalized spacial score (nSPS) is 10.8. The van der Waals surface area contributed by atoms with Crippen molar-refractivity contribution in [2.75, 3.05) is 0 Å². The molecular formula is C16H14N2O4. The predicted molar refractivity (Wildman–Crippen MR) is 84.6 cm³/mol. The first-order valence-corrected chi connectivity index (χ1v) is 6.58. The highest BCUT2D eigenvalue weighted by molar-refractivity contribution is 5.75. The Bertz CT molecular complexity index is 716. The lowest BCUT2D eigenvalue weighted by atomic mass is 10.0. The van der Waals surface area contributed by atoms with E-state index < -0.39 is 9.85 Å². The fourth-order valence-electron chi connectivity index (χ4n) is 2.22. The van der Waals surface area contributed by atoms with E-state index in [1.54, 1.807) is 50.3 Å². The number of nitrogens with zero attached hydrogens (tertiary/aromatic N) is 2. The van der Waals surface area contributed by atoms with Crippen LogP contribution in [-0.4, -0.2) is 9.85 Å². The van der Waals surface area contributed by atoms with Gasteiger partial charge in [0.1, 0.15) is 0 Å². The first-order valence-electron chi connectivity index (χ1n) is 6.58. The van der Waals surface area contributed by atoms with Crippen LogP contribution < -0.4 is 0 Å². The summed E-state index contributed by atoms with van der Waals surface area (Å²) in [6, 6.07) is 9.67. The topological polar surface area (TPSA) is 86.3 Å². The van der Waals surface area contributed by atoms with Crippen LogP contribution in [0.15, 0.2) is 36.4 Å². The molecule has 2 aromatic carbocycles. The molecule has 2 aromatic rings. The van der Waals surface area contributed by atoms with Crippen LogP contribution in [0.5, 0.6) is 0 Å². The summed E-state index contributed by atoms with van der Waals surface area (Å²) >= 11 is 0. The number of hydrogen-bond donors (Lipinski definition) is 0. The summed E-state index contributed by atoms with van der Waals surface area (Å²) in [7, 11) is 0. The Hall–Kier alpha value is -3.02. The summed E-state index contributed by atoms with van der Waals surface area (Å²) in [5.41, 5.74) is 2.65. The molecule has 0 saturated heterocycles. The summed E-state index contributed by atoms with van der Waals surface area (Å²) in [5.74, 6) is 0. The van der Waals surface area contributed by atoms with Crippen molar-refractivity contribution in [2.45, 2.75) is 13.8 Å². The van der Waals surface area contributed by atoms with Crippen LogP contribution in [0.4, 0.5) is 11.4 Å². The number of nitro benzene ring substituents is 2. The van der Waals surface area contributed by atoms with Gasteiger partial charge in [0.05, 0.1) is 9.85 Å². The molecule has 0 heterocycles. The molecule has 0 amide bonds. The molecule has 0 aliphatic rings. The Morgan fingerprint density at radius 3 is 1.45 bits per heavy atom. The average molecular weight is 298 g/mol. The second kappa shape index (κ2) is 6.17. The van der Waals surface area contributed by atoms with Gasteiger partial charge in [-0.2, -0.15) is 0 Å². The van der Waals surface area contributed by atoms with E-state index in [-0.39, 0.29) is 11.4 Å². The van der Waals surface area contributed by atoms with Gasteiger partial charge in [-0.05, 0) is 25.0 Å². The molecule has 2 rings (SSSR count). The van der Waals surface area contributed by atoms with Gasteiger partial charge in [-0.1, -0.05) is 36.4 Å². The lowest BCUT2D eigenvalue weighted by Gasteiger charge is -2.03. The Kier molecular flexibility index (Phi) is 4.31. The van der Waals surface area contributed by atoms with Crippen LogP contribution in [0, 0.1) is 34.1 Å². The minimum absolute atomic E-state index is 0.0536. The van der Waals surface area contributed by atoms with Gasteiger partial charge in [-0.15, -0.1) is 0 Å². The maximum Gasteiger partial charge on any atom is 0.272 e. The van der Waals surface area contributed by atoms with E-state index in [1.165, 1.54) is 12.1 Å². The van der Waals surface area contributed by atoms with Gasteiger partial charge >= 0.3 is 0 Å². The summed E-state index contributed by atoms with van der Waals surface area (Å²) in [4.78, 5) is 21.0. The lowest BCUT2D eigenvalue weighted by Crippen LogP contribution is -1.94. The van der Waals surface area contributed by atoms with Gasteiger partial charge in [-0.3, -0.25) is 20.2 Å². The second-order valence-electron chi connectivity index (χ2n) is 4.83. The van der Waals surface area contributed by atoms with Gasteiger partial charge in [-0.25, -0.2) is 0 Å². The van der Waals surface area contributed by atoms with Crippen LogP contribution in [0.25, 0.3) is 12.2 Å². The van der Waals surface area contributed by atoms with Crippen molar-refractivity contribution in [1.29, 1.82) is 0 Å². The molecular weight excluding hydrogens is 284 g/mol. The first kappa shape index (κ1) is 15.4. The van der Waals surface area contributed by atoms with Crippen molar-refractivity contribution in [3.05, 3.63) is 78.9 Å². The Balaban J connectivity index is 2.42. The molecule has 0 N–H and O–H groups in total. The van der Waals surface area contributed by atoms with Crippen LogP contribution in [-0.2, 0) is 0 Å². The fourth-order valence-corrected chi connectivity index (χ4v) is 2.22. The molecule has 0 saturated carbocycles. The molecule has 0 atom stereocenters. The Morgan fingerprint density at radius 1 is 0.773 bits per heavy atom. The summed E-state index contributed by atoms with van der Waals surface area (Å²) in [6.07, 6.45) is 3.46. The van der Waals surface area contributed by atoms with Crippen molar-refractivity contribution in [3.63, 3.8) is 0 Å². The average Bonchev–Trinajstić information content (AvgIpc) is 2.46. The zero-order chi connectivity index (χ0) is 16.3. The zero-order valence-corrected chi connectivity index (χ0v) is 12.1. The van der Waals surface area contributed by atoms with Crippen molar-refractivity contribution in [1.82, 2.24) is 0 Å². The Labute approximate surface area is 127 Å². The van der Waals surface area contributed by atoms with E-state index in [4.69, 9.17) is 0 Å². The SMILES string of the molecule is Cc1c(C=Cc2cccc([N+](=O)[O-])c2C)cccc1[N+](=O)[O-]. The first-order chi connectivity index (χ1) is 10.4. The third kappa shape index (κ3) is 3.01. The van der Waals surface area contributed by atoms with Crippen LogP contribution in [0.2, 0.25) is 0 Å². The van der Waals surface area contributed by atoms with E-state index in [9.17, 15) is 20.2 Å². The third-order valence-corrected chi connectivity index (χ3v) is 3.53. The molecule has 0 bridgehead atoms. The molecule has 0 fully saturated rings. The molecule has 0 radical (unpaired) electrons. The van der Waals surface area contributed by atoms with Crippen molar-refractivity contribution in [3.8, 4) is 0 Å². The van der Waals surface area contributed by atoms with Crippen molar-refractivity contribution in [2.24, 2.45) is 0 Å². The molecule has 0 spiro atoms. The molecule has 6 nitrogen and oxygen atoms in total. The lowest BCUT2D eigenvalue weighted by molar-refractivity contribution is -0.385. The molecule has 0 aliphatic carbocycles. The predicted octanol–water partition coefficient (Wildman–Crippen LogP) is 4.29. The minimum atomic E-state index is -0.425. The quantitative estimate of drug-likeness (QED) is 0.478. The number of rotatable bonds is 4. The number of hydrogen-bond acceptors (Lipinski definition) is 4. The fraction of sp³-hybridized carbons (Fsp3) is 0.125. The van der Waals surface area contributed by atoms with Crippen LogP contribution in [0.3, 0.4) is 0 Å².